The van der Waals surface area contributed by atoms with Crippen molar-refractivity contribution in [1.29, 1.82) is 0 Å². The van der Waals surface area contributed by atoms with E-state index >= 15 is 0 Å². The van der Waals surface area contributed by atoms with Gasteiger partial charge < -0.3 is 20.0 Å². The second kappa shape index (κ2) is 23.2. The number of hydrogen-bond donors (Lipinski definition) is 0. The zero-order chi connectivity index (χ0) is 9.11. The van der Waals surface area contributed by atoms with Crippen LogP contribution in [0, 0.1) is 10.1 Å². The smallest absolute Gasteiger partial charge is 0.545 e. The Balaban J connectivity index is -0.0000000720. The first-order chi connectivity index (χ1) is 5.18. The molecular formula is C6H7CaKNO4+. The van der Waals surface area contributed by atoms with Gasteiger partial charge in [-0.3, -0.25) is 0 Å². The summed E-state index contributed by atoms with van der Waals surface area (Å²) < 4.78 is 0. The van der Waals surface area contributed by atoms with Gasteiger partial charge in [0.1, 0.15) is 0 Å². The fraction of sp³-hybridized carbons (Fsp3) is 0.167. The Labute approximate surface area is 149 Å². The third kappa shape index (κ3) is 42.9. The molecular weight excluding hydrogens is 229 g/mol. The van der Waals surface area contributed by atoms with Gasteiger partial charge >= 0.3 is 89.1 Å². The van der Waals surface area contributed by atoms with Crippen LogP contribution >= 0.6 is 0 Å². The van der Waals surface area contributed by atoms with Crippen molar-refractivity contribution >= 4 is 43.7 Å². The number of rotatable bonds is 2. The van der Waals surface area contributed by atoms with Gasteiger partial charge in [0.15, 0.2) is 0 Å². The Morgan fingerprint density at radius 3 is 2.00 bits per heavy atom. The average molecular weight is 236 g/mol. The van der Waals surface area contributed by atoms with Crippen LogP contribution in [-0.4, -0.2) is 43.7 Å². The first-order valence-corrected chi connectivity index (χ1v) is 2.64. The molecule has 0 aliphatic rings. The molecule has 0 N–H and O–H groups in total. The molecule has 0 unspecified atom stereocenters. The summed E-state index contributed by atoms with van der Waals surface area (Å²) in [5, 5.41) is 18.6. The van der Waals surface area contributed by atoms with Crippen LogP contribution < -0.4 is 56.5 Å². The topological polar surface area (TPSA) is 92.6 Å². The summed E-state index contributed by atoms with van der Waals surface area (Å²) in [6.45, 7) is 1.81. The fourth-order valence-corrected chi connectivity index (χ4v) is 0.245. The fourth-order valence-electron chi connectivity index (χ4n) is 0.245. The van der Waals surface area contributed by atoms with E-state index in [0.717, 1.165) is 11.4 Å². The molecule has 0 heterocycles. The summed E-state index contributed by atoms with van der Waals surface area (Å²) in [6, 6.07) is 0. The Morgan fingerprint density at radius 1 is 1.38 bits per heavy atom. The van der Waals surface area contributed by atoms with Crippen molar-refractivity contribution in [2.45, 2.75) is 6.92 Å². The third-order valence-electron chi connectivity index (χ3n) is 0.536. The van der Waals surface area contributed by atoms with Crippen LogP contribution in [-0.2, 0) is 4.79 Å². The molecule has 62 valence electrons. The van der Waals surface area contributed by atoms with Gasteiger partial charge in [-0.15, -0.1) is 5.34 Å². The number of carbonyl (C=O) groups is 1. The van der Waals surface area contributed by atoms with E-state index in [9.17, 15) is 9.90 Å². The normalized spacial score (nSPS) is 7.77. The van der Waals surface area contributed by atoms with Crippen LogP contribution in [0.4, 0.5) is 0 Å². The molecule has 0 atom stereocenters. The van der Waals surface area contributed by atoms with E-state index < -0.39 is 5.97 Å². The molecule has 5 nitrogen and oxygen atoms in total. The van der Waals surface area contributed by atoms with Crippen LogP contribution in [0.3, 0.4) is 0 Å². The monoisotopic (exact) mass is 236 g/mol. The standard InChI is InChI=1S/C6H8O2.Ca.K.HNO2/c1-2-3-4-5-6(7)8;;;2-1-3/h2-5H,1H3,(H,7,8);;;(H,2,3)/q;+2;+1;/p-2. The van der Waals surface area contributed by atoms with Crippen molar-refractivity contribution in [3.8, 4) is 0 Å². The maximum atomic E-state index is 9.64. The average Bonchev–Trinajstić information content (AvgIpc) is 1.89. The number of carboxylic acids is 1. The summed E-state index contributed by atoms with van der Waals surface area (Å²) >= 11 is 0. The van der Waals surface area contributed by atoms with E-state index in [2.05, 4.69) is 0 Å². The molecule has 0 bridgehead atoms. The molecule has 0 aromatic heterocycles. The van der Waals surface area contributed by atoms with Gasteiger partial charge in [0.05, 0.1) is 5.97 Å². The molecule has 0 saturated carbocycles. The van der Waals surface area contributed by atoms with E-state index in [1.54, 1.807) is 19.1 Å². The minimum absolute atomic E-state index is 0. The second-order valence-corrected chi connectivity index (χ2v) is 1.28. The molecule has 0 radical (unpaired) electrons. The third-order valence-corrected chi connectivity index (χ3v) is 0.536. The molecule has 13 heavy (non-hydrogen) atoms. The number of nitrogens with zero attached hydrogens (tertiary/aromatic N) is 1. The number of allylic oxidation sites excluding steroid dienone is 3. The number of aliphatic carboxylic acids is 1. The van der Waals surface area contributed by atoms with Crippen LogP contribution in [0.2, 0.25) is 0 Å². The first-order valence-electron chi connectivity index (χ1n) is 2.64. The van der Waals surface area contributed by atoms with Crippen molar-refractivity contribution in [3.63, 3.8) is 0 Å². The van der Waals surface area contributed by atoms with Crippen LogP contribution in [0.25, 0.3) is 0 Å². The minimum atomic E-state index is -1.16. The van der Waals surface area contributed by atoms with Gasteiger partial charge in [0, 0.05) is 0 Å². The Bertz CT molecular complexity index is 172. The minimum Gasteiger partial charge on any atom is -0.545 e. The summed E-state index contributed by atoms with van der Waals surface area (Å²) in [7, 11) is 0. The molecule has 0 saturated heterocycles. The Kier molecular flexibility index (Phi) is 42.6. The van der Waals surface area contributed by atoms with Gasteiger partial charge in [-0.1, -0.05) is 18.2 Å². The molecule has 0 rings (SSSR count). The molecule has 0 amide bonds. The SMILES string of the molecule is CC=CC=CC(=O)[O-].O=N[O-].[Ca+2].[K+]. The predicted octanol–water partition coefficient (Wildman–Crippen LogP) is -3.26. The summed E-state index contributed by atoms with van der Waals surface area (Å²) in [4.78, 5) is 17.6. The van der Waals surface area contributed by atoms with E-state index in [-0.39, 0.29) is 89.1 Å². The zero-order valence-electron chi connectivity index (χ0n) is 7.60. The first kappa shape index (κ1) is 23.8. The van der Waals surface area contributed by atoms with Crippen molar-refractivity contribution in [1.82, 2.24) is 0 Å². The van der Waals surface area contributed by atoms with Crippen molar-refractivity contribution < 1.29 is 61.3 Å². The molecule has 7 heteroatoms. The van der Waals surface area contributed by atoms with Gasteiger partial charge in [-0.05, 0) is 13.0 Å². The molecule has 0 aliphatic heterocycles. The van der Waals surface area contributed by atoms with Crippen LogP contribution in [0.1, 0.15) is 6.92 Å². The van der Waals surface area contributed by atoms with Crippen LogP contribution in [0.5, 0.6) is 0 Å². The van der Waals surface area contributed by atoms with Crippen molar-refractivity contribution in [3.05, 3.63) is 34.4 Å². The van der Waals surface area contributed by atoms with Crippen molar-refractivity contribution in [2.75, 3.05) is 0 Å². The summed E-state index contributed by atoms with van der Waals surface area (Å²) in [5.41, 5.74) is 0. The van der Waals surface area contributed by atoms with E-state index in [0.29, 0.717) is 0 Å². The van der Waals surface area contributed by atoms with Crippen LogP contribution in [0.15, 0.2) is 29.6 Å². The van der Waals surface area contributed by atoms with E-state index in [4.69, 9.17) is 10.1 Å². The Morgan fingerprint density at radius 2 is 1.77 bits per heavy atom. The van der Waals surface area contributed by atoms with Gasteiger partial charge in [0.25, 0.3) is 0 Å². The molecule has 0 aliphatic carbocycles. The van der Waals surface area contributed by atoms with E-state index in [1.165, 1.54) is 6.08 Å². The second-order valence-electron chi connectivity index (χ2n) is 1.28. The molecule has 0 aromatic carbocycles. The predicted molar refractivity (Wildman–Crippen MR) is 43.9 cm³/mol. The van der Waals surface area contributed by atoms with E-state index in [1.807, 2.05) is 0 Å². The van der Waals surface area contributed by atoms with Gasteiger partial charge in [0.2, 0.25) is 0 Å². The van der Waals surface area contributed by atoms with Gasteiger partial charge in [-0.25, -0.2) is 0 Å². The summed E-state index contributed by atoms with van der Waals surface area (Å²) in [6.07, 6.45) is 5.74. The zero-order valence-corrected chi connectivity index (χ0v) is 12.9. The quantitative estimate of drug-likeness (QED) is 0.165. The maximum Gasteiger partial charge on any atom is 2.00 e. The Hall–Kier alpha value is 1.25. The van der Waals surface area contributed by atoms with Gasteiger partial charge in [-0.2, -0.15) is 0 Å². The maximum absolute atomic E-state index is 9.64. The molecule has 0 spiro atoms. The summed E-state index contributed by atoms with van der Waals surface area (Å²) in [5.74, 6) is -1.16. The van der Waals surface area contributed by atoms with Crippen molar-refractivity contribution in [2.24, 2.45) is 5.34 Å². The largest absolute Gasteiger partial charge is 2.00 e. The number of carbonyl (C=O) groups excluding carboxylic acids is 1. The molecule has 0 aromatic rings. The molecule has 0 fully saturated rings. The number of hydrogen-bond acceptors (Lipinski definition) is 5. The number of carboxylic acid groups (broad SMARTS) is 1.